The van der Waals surface area contributed by atoms with Gasteiger partial charge in [-0.25, -0.2) is 9.37 Å². The highest BCUT2D eigenvalue weighted by atomic mass is 32.1. The molecule has 2 amide bonds. The van der Waals surface area contributed by atoms with Gasteiger partial charge in [0.25, 0.3) is 5.56 Å². The number of nitrogens with one attached hydrogen (secondary N) is 2. The molecule has 0 aliphatic heterocycles. The molecule has 162 valence electrons. The van der Waals surface area contributed by atoms with E-state index in [0.717, 1.165) is 0 Å². The minimum atomic E-state index is -0.824. The number of aromatic nitrogens is 2. The molecule has 0 bridgehead atoms. The highest BCUT2D eigenvalue weighted by molar-refractivity contribution is 7.17. The standard InChI is InChI=1S/C23H19FN4O3S/c1-13(21(30)27-18-9-7-17(8-10-18)26-14(2)29)28-12-25-22-20(23(28)31)19(11-32-22)15-3-5-16(24)6-4-15/h3-13H,1-2H3,(H,26,29)(H,27,30). The third-order valence-electron chi connectivity index (χ3n) is 4.94. The largest absolute Gasteiger partial charge is 0.326 e. The van der Waals surface area contributed by atoms with Gasteiger partial charge in [-0.1, -0.05) is 12.1 Å². The summed E-state index contributed by atoms with van der Waals surface area (Å²) < 4.78 is 14.6. The van der Waals surface area contributed by atoms with E-state index in [4.69, 9.17) is 0 Å². The third-order valence-corrected chi connectivity index (χ3v) is 5.83. The fourth-order valence-electron chi connectivity index (χ4n) is 3.28. The Balaban J connectivity index is 1.61. The molecule has 2 heterocycles. The topological polar surface area (TPSA) is 93.1 Å². The molecule has 2 aromatic carbocycles. The van der Waals surface area contributed by atoms with E-state index >= 15 is 0 Å². The number of anilines is 2. The van der Waals surface area contributed by atoms with Gasteiger partial charge >= 0.3 is 0 Å². The van der Waals surface area contributed by atoms with Crippen LogP contribution in [0, 0.1) is 5.82 Å². The molecule has 2 N–H and O–H groups in total. The normalized spacial score (nSPS) is 11.8. The van der Waals surface area contributed by atoms with Gasteiger partial charge in [-0.05, 0) is 48.9 Å². The zero-order valence-corrected chi connectivity index (χ0v) is 18.1. The maximum Gasteiger partial charge on any atom is 0.263 e. The number of fused-ring (bicyclic) bond motifs is 1. The zero-order chi connectivity index (χ0) is 22.8. The van der Waals surface area contributed by atoms with Crippen molar-refractivity contribution in [3.8, 4) is 11.1 Å². The van der Waals surface area contributed by atoms with Crippen molar-refractivity contribution in [2.24, 2.45) is 0 Å². The summed E-state index contributed by atoms with van der Waals surface area (Å²) in [5, 5.41) is 7.61. The zero-order valence-electron chi connectivity index (χ0n) is 17.3. The summed E-state index contributed by atoms with van der Waals surface area (Å²) in [5.74, 6) is -0.940. The Morgan fingerprint density at radius 3 is 2.28 bits per heavy atom. The van der Waals surface area contributed by atoms with Gasteiger partial charge in [-0.2, -0.15) is 0 Å². The van der Waals surface area contributed by atoms with Gasteiger partial charge in [-0.3, -0.25) is 19.0 Å². The van der Waals surface area contributed by atoms with Crippen LogP contribution in [-0.4, -0.2) is 21.4 Å². The van der Waals surface area contributed by atoms with Gasteiger partial charge in [-0.15, -0.1) is 11.3 Å². The van der Waals surface area contributed by atoms with Crippen molar-refractivity contribution in [1.82, 2.24) is 9.55 Å². The molecule has 7 nitrogen and oxygen atoms in total. The Labute approximate surface area is 186 Å². The Morgan fingerprint density at radius 2 is 1.66 bits per heavy atom. The fourth-order valence-corrected chi connectivity index (χ4v) is 4.18. The molecule has 0 radical (unpaired) electrons. The van der Waals surface area contributed by atoms with E-state index in [9.17, 15) is 18.8 Å². The van der Waals surface area contributed by atoms with Crippen LogP contribution < -0.4 is 16.2 Å². The lowest BCUT2D eigenvalue weighted by atomic mass is 10.1. The number of amides is 2. The minimum absolute atomic E-state index is 0.189. The molecule has 0 aliphatic rings. The molecule has 4 aromatic rings. The maximum absolute atomic E-state index is 13.3. The first-order valence-electron chi connectivity index (χ1n) is 9.76. The van der Waals surface area contributed by atoms with Gasteiger partial charge in [0.15, 0.2) is 0 Å². The molecule has 32 heavy (non-hydrogen) atoms. The van der Waals surface area contributed by atoms with Crippen LogP contribution in [-0.2, 0) is 9.59 Å². The number of hydrogen-bond donors (Lipinski definition) is 2. The molecule has 9 heteroatoms. The summed E-state index contributed by atoms with van der Waals surface area (Å²) in [5.41, 5.74) is 2.14. The number of benzene rings is 2. The molecule has 1 unspecified atom stereocenters. The highest BCUT2D eigenvalue weighted by Gasteiger charge is 2.20. The molecule has 1 atom stereocenters. The highest BCUT2D eigenvalue weighted by Crippen LogP contribution is 2.31. The van der Waals surface area contributed by atoms with Gasteiger partial charge < -0.3 is 10.6 Å². The van der Waals surface area contributed by atoms with Gasteiger partial charge in [0.1, 0.15) is 16.7 Å². The van der Waals surface area contributed by atoms with Crippen LogP contribution in [0.15, 0.2) is 65.0 Å². The summed E-state index contributed by atoms with van der Waals surface area (Å²) in [6.07, 6.45) is 1.36. The second kappa shape index (κ2) is 8.72. The molecule has 0 saturated heterocycles. The second-order valence-electron chi connectivity index (χ2n) is 7.22. The average Bonchev–Trinajstić information content (AvgIpc) is 3.20. The molecular weight excluding hydrogens is 431 g/mol. The van der Waals surface area contributed by atoms with Crippen LogP contribution in [0.1, 0.15) is 19.9 Å². The Hall–Kier alpha value is -3.85. The van der Waals surface area contributed by atoms with E-state index in [1.54, 1.807) is 48.7 Å². The third kappa shape index (κ3) is 4.28. The first-order valence-corrected chi connectivity index (χ1v) is 10.6. The van der Waals surface area contributed by atoms with Crippen LogP contribution in [0.5, 0.6) is 0 Å². The quantitative estimate of drug-likeness (QED) is 0.471. The number of hydrogen-bond acceptors (Lipinski definition) is 5. The summed E-state index contributed by atoms with van der Waals surface area (Å²) >= 11 is 1.32. The summed E-state index contributed by atoms with van der Waals surface area (Å²) in [4.78, 5) is 42.0. The van der Waals surface area contributed by atoms with Gasteiger partial charge in [0.2, 0.25) is 11.8 Å². The van der Waals surface area contributed by atoms with Crippen LogP contribution in [0.4, 0.5) is 15.8 Å². The predicted octanol–water partition coefficient (Wildman–Crippen LogP) is 4.42. The first kappa shape index (κ1) is 21.4. The van der Waals surface area contributed by atoms with E-state index in [1.165, 1.54) is 41.3 Å². The maximum atomic E-state index is 13.3. The lowest BCUT2D eigenvalue weighted by molar-refractivity contribution is -0.119. The van der Waals surface area contributed by atoms with Crippen molar-refractivity contribution < 1.29 is 14.0 Å². The Morgan fingerprint density at radius 1 is 1.03 bits per heavy atom. The lowest BCUT2D eigenvalue weighted by Crippen LogP contribution is -2.31. The van der Waals surface area contributed by atoms with Crippen molar-refractivity contribution in [3.63, 3.8) is 0 Å². The van der Waals surface area contributed by atoms with E-state index in [0.29, 0.717) is 32.7 Å². The Kier molecular flexibility index (Phi) is 5.83. The Bertz CT molecular complexity index is 1360. The predicted molar refractivity (Wildman–Crippen MR) is 123 cm³/mol. The van der Waals surface area contributed by atoms with E-state index < -0.39 is 6.04 Å². The van der Waals surface area contributed by atoms with Crippen molar-refractivity contribution in [1.29, 1.82) is 0 Å². The van der Waals surface area contributed by atoms with Crippen LogP contribution >= 0.6 is 11.3 Å². The lowest BCUT2D eigenvalue weighted by Gasteiger charge is -2.15. The molecular formula is C23H19FN4O3S. The fraction of sp³-hybridized carbons (Fsp3) is 0.130. The second-order valence-corrected chi connectivity index (χ2v) is 8.08. The SMILES string of the molecule is CC(=O)Nc1ccc(NC(=O)C(C)n2cnc3scc(-c4ccc(F)cc4)c3c2=O)cc1. The van der Waals surface area contributed by atoms with Gasteiger partial charge in [0.05, 0.1) is 11.7 Å². The van der Waals surface area contributed by atoms with Crippen molar-refractivity contribution in [2.45, 2.75) is 19.9 Å². The molecule has 0 fully saturated rings. The van der Waals surface area contributed by atoms with Gasteiger partial charge in [0, 0.05) is 29.2 Å². The molecule has 4 rings (SSSR count). The molecule has 0 spiro atoms. The smallest absolute Gasteiger partial charge is 0.263 e. The monoisotopic (exact) mass is 450 g/mol. The molecule has 2 aromatic heterocycles. The van der Waals surface area contributed by atoms with E-state index in [-0.39, 0.29) is 23.2 Å². The number of rotatable bonds is 5. The average molecular weight is 450 g/mol. The number of thiophene rings is 1. The summed E-state index contributed by atoms with van der Waals surface area (Å²) in [6, 6.07) is 11.7. The van der Waals surface area contributed by atoms with Crippen LogP contribution in [0.25, 0.3) is 21.3 Å². The van der Waals surface area contributed by atoms with Crippen molar-refractivity contribution in [3.05, 3.63) is 76.4 Å². The van der Waals surface area contributed by atoms with E-state index in [1.807, 2.05) is 0 Å². The number of carbonyl (C=O) groups excluding carboxylic acids is 2. The summed E-state index contributed by atoms with van der Waals surface area (Å²) in [6.45, 7) is 3.02. The number of halogens is 1. The van der Waals surface area contributed by atoms with Crippen molar-refractivity contribution in [2.75, 3.05) is 10.6 Å². The first-order chi connectivity index (χ1) is 15.3. The van der Waals surface area contributed by atoms with Crippen LogP contribution in [0.2, 0.25) is 0 Å². The summed E-state index contributed by atoms with van der Waals surface area (Å²) in [7, 11) is 0. The number of nitrogens with zero attached hydrogens (tertiary/aromatic N) is 2. The minimum Gasteiger partial charge on any atom is -0.326 e. The van der Waals surface area contributed by atoms with Crippen LogP contribution in [0.3, 0.4) is 0 Å². The molecule has 0 aliphatic carbocycles. The molecule has 0 saturated carbocycles. The number of carbonyl (C=O) groups is 2. The van der Waals surface area contributed by atoms with Crippen molar-refractivity contribution >= 4 is 44.7 Å². The van der Waals surface area contributed by atoms with E-state index in [2.05, 4.69) is 15.6 Å².